The van der Waals surface area contributed by atoms with Crippen molar-refractivity contribution in [3.63, 3.8) is 0 Å². The Kier molecular flexibility index (Phi) is 3.32. The Morgan fingerprint density at radius 2 is 2.19 bits per heavy atom. The number of aryl methyl sites for hydroxylation is 1. The SMILES string of the molecule is Cc1cc(C(N)Cc2ccoc2)ccc1Cl. The van der Waals surface area contributed by atoms with E-state index in [9.17, 15) is 0 Å². The third-order valence-electron chi connectivity index (χ3n) is 2.65. The van der Waals surface area contributed by atoms with Crippen LogP contribution in [0.4, 0.5) is 0 Å². The molecule has 84 valence electrons. The molecule has 0 aliphatic rings. The molecule has 0 aliphatic carbocycles. The minimum atomic E-state index is -0.0198. The quantitative estimate of drug-likeness (QED) is 0.885. The Hall–Kier alpha value is -1.25. The van der Waals surface area contributed by atoms with Crippen LogP contribution >= 0.6 is 11.6 Å². The van der Waals surface area contributed by atoms with Gasteiger partial charge in [0.1, 0.15) is 0 Å². The molecular formula is C13H14ClNO. The van der Waals surface area contributed by atoms with E-state index in [4.69, 9.17) is 21.8 Å². The van der Waals surface area contributed by atoms with Crippen molar-refractivity contribution in [3.05, 3.63) is 58.5 Å². The number of nitrogens with two attached hydrogens (primary N) is 1. The average Bonchev–Trinajstić information content (AvgIpc) is 2.74. The lowest BCUT2D eigenvalue weighted by Gasteiger charge is -2.12. The summed E-state index contributed by atoms with van der Waals surface area (Å²) in [6.45, 7) is 1.98. The molecule has 1 aromatic carbocycles. The van der Waals surface area contributed by atoms with Crippen LogP contribution in [0.3, 0.4) is 0 Å². The molecule has 1 aromatic heterocycles. The maximum absolute atomic E-state index is 6.12. The Labute approximate surface area is 100 Å². The molecule has 2 aromatic rings. The van der Waals surface area contributed by atoms with Crippen LogP contribution in [-0.4, -0.2) is 0 Å². The number of rotatable bonds is 3. The van der Waals surface area contributed by atoms with Gasteiger partial charge in [0.05, 0.1) is 12.5 Å². The fraction of sp³-hybridized carbons (Fsp3) is 0.231. The molecule has 2 nitrogen and oxygen atoms in total. The first-order chi connectivity index (χ1) is 7.66. The van der Waals surface area contributed by atoms with Crippen LogP contribution in [0, 0.1) is 6.92 Å². The fourth-order valence-corrected chi connectivity index (χ4v) is 1.80. The summed E-state index contributed by atoms with van der Waals surface area (Å²) >= 11 is 5.97. The summed E-state index contributed by atoms with van der Waals surface area (Å²) in [7, 11) is 0. The largest absolute Gasteiger partial charge is 0.472 e. The van der Waals surface area contributed by atoms with Crippen molar-refractivity contribution in [2.24, 2.45) is 5.73 Å². The second-order valence-electron chi connectivity index (χ2n) is 3.95. The van der Waals surface area contributed by atoms with E-state index >= 15 is 0 Å². The zero-order valence-corrected chi connectivity index (χ0v) is 9.87. The van der Waals surface area contributed by atoms with Gasteiger partial charge in [-0.2, -0.15) is 0 Å². The summed E-state index contributed by atoms with van der Waals surface area (Å²) in [5.74, 6) is 0. The Morgan fingerprint density at radius 3 is 2.81 bits per heavy atom. The Morgan fingerprint density at radius 1 is 1.38 bits per heavy atom. The molecule has 0 aliphatic heterocycles. The first kappa shape index (κ1) is 11.2. The minimum Gasteiger partial charge on any atom is -0.472 e. The molecule has 0 saturated carbocycles. The molecule has 3 heteroatoms. The summed E-state index contributed by atoms with van der Waals surface area (Å²) in [6.07, 6.45) is 4.16. The van der Waals surface area contributed by atoms with Gasteiger partial charge >= 0.3 is 0 Å². The van der Waals surface area contributed by atoms with Crippen molar-refractivity contribution in [3.8, 4) is 0 Å². The lowest BCUT2D eigenvalue weighted by molar-refractivity contribution is 0.561. The van der Waals surface area contributed by atoms with Gasteiger partial charge in [-0.05, 0) is 42.2 Å². The number of halogens is 1. The molecule has 0 radical (unpaired) electrons. The van der Waals surface area contributed by atoms with Crippen molar-refractivity contribution >= 4 is 11.6 Å². The zero-order valence-electron chi connectivity index (χ0n) is 9.11. The molecule has 2 rings (SSSR count). The van der Waals surface area contributed by atoms with Crippen LogP contribution < -0.4 is 5.73 Å². The highest BCUT2D eigenvalue weighted by molar-refractivity contribution is 6.31. The van der Waals surface area contributed by atoms with Gasteiger partial charge in [-0.15, -0.1) is 0 Å². The highest BCUT2D eigenvalue weighted by atomic mass is 35.5. The van der Waals surface area contributed by atoms with Gasteiger partial charge in [-0.3, -0.25) is 0 Å². The van der Waals surface area contributed by atoms with Crippen LogP contribution in [0.5, 0.6) is 0 Å². The van der Waals surface area contributed by atoms with E-state index in [1.54, 1.807) is 12.5 Å². The van der Waals surface area contributed by atoms with Crippen LogP contribution in [0.1, 0.15) is 22.7 Å². The standard InChI is InChI=1S/C13H14ClNO/c1-9-6-11(2-3-12(9)14)13(15)7-10-4-5-16-8-10/h2-6,8,13H,7,15H2,1H3. The smallest absolute Gasteiger partial charge is 0.0935 e. The molecule has 1 heterocycles. The van der Waals surface area contributed by atoms with Crippen LogP contribution in [0.25, 0.3) is 0 Å². The normalized spacial score (nSPS) is 12.7. The number of hydrogen-bond donors (Lipinski definition) is 1. The minimum absolute atomic E-state index is 0.0198. The molecule has 0 spiro atoms. The highest BCUT2D eigenvalue weighted by Gasteiger charge is 2.09. The zero-order chi connectivity index (χ0) is 11.5. The molecule has 1 unspecified atom stereocenters. The van der Waals surface area contributed by atoms with Crippen molar-refractivity contribution < 1.29 is 4.42 Å². The van der Waals surface area contributed by atoms with Gasteiger partial charge in [0.25, 0.3) is 0 Å². The third kappa shape index (κ3) is 2.46. The van der Waals surface area contributed by atoms with Gasteiger partial charge in [-0.25, -0.2) is 0 Å². The van der Waals surface area contributed by atoms with Gasteiger partial charge in [0.15, 0.2) is 0 Å². The molecule has 16 heavy (non-hydrogen) atoms. The van der Waals surface area contributed by atoms with Gasteiger partial charge in [0, 0.05) is 11.1 Å². The summed E-state index contributed by atoms with van der Waals surface area (Å²) in [5, 5.41) is 0.777. The lowest BCUT2D eigenvalue weighted by atomic mass is 10.00. The number of benzene rings is 1. The lowest BCUT2D eigenvalue weighted by Crippen LogP contribution is -2.13. The average molecular weight is 236 g/mol. The van der Waals surface area contributed by atoms with Crippen molar-refractivity contribution in [2.75, 3.05) is 0 Å². The van der Waals surface area contributed by atoms with Crippen molar-refractivity contribution in [2.45, 2.75) is 19.4 Å². The molecule has 0 bridgehead atoms. The first-order valence-electron chi connectivity index (χ1n) is 5.19. The van der Waals surface area contributed by atoms with E-state index in [1.807, 2.05) is 31.2 Å². The fourth-order valence-electron chi connectivity index (χ4n) is 1.68. The number of hydrogen-bond acceptors (Lipinski definition) is 2. The monoisotopic (exact) mass is 235 g/mol. The third-order valence-corrected chi connectivity index (χ3v) is 3.07. The molecule has 0 saturated heterocycles. The summed E-state index contributed by atoms with van der Waals surface area (Å²) in [4.78, 5) is 0. The maximum Gasteiger partial charge on any atom is 0.0935 e. The van der Waals surface area contributed by atoms with Crippen LogP contribution in [-0.2, 0) is 6.42 Å². The van der Waals surface area contributed by atoms with Crippen molar-refractivity contribution in [1.82, 2.24) is 0 Å². The van der Waals surface area contributed by atoms with Crippen molar-refractivity contribution in [1.29, 1.82) is 0 Å². The summed E-state index contributed by atoms with van der Waals surface area (Å²) in [5.41, 5.74) is 9.39. The first-order valence-corrected chi connectivity index (χ1v) is 5.57. The predicted molar refractivity (Wildman–Crippen MR) is 65.5 cm³/mol. The molecule has 0 amide bonds. The van der Waals surface area contributed by atoms with Gasteiger partial charge in [0.2, 0.25) is 0 Å². The van der Waals surface area contributed by atoms with Gasteiger partial charge in [-0.1, -0.05) is 23.7 Å². The number of furan rings is 1. The second-order valence-corrected chi connectivity index (χ2v) is 4.36. The maximum atomic E-state index is 6.12. The van der Waals surface area contributed by atoms with E-state index < -0.39 is 0 Å². The Bertz CT molecular complexity index is 465. The van der Waals surface area contributed by atoms with E-state index in [-0.39, 0.29) is 6.04 Å². The summed E-state index contributed by atoms with van der Waals surface area (Å²) in [6, 6.07) is 7.81. The summed E-state index contributed by atoms with van der Waals surface area (Å²) < 4.78 is 5.02. The topological polar surface area (TPSA) is 39.2 Å². The van der Waals surface area contributed by atoms with Crippen LogP contribution in [0.2, 0.25) is 5.02 Å². The molecule has 0 fully saturated rings. The second kappa shape index (κ2) is 4.73. The molecule has 1 atom stereocenters. The van der Waals surface area contributed by atoms with E-state index in [2.05, 4.69) is 0 Å². The van der Waals surface area contributed by atoms with Gasteiger partial charge < -0.3 is 10.2 Å². The van der Waals surface area contributed by atoms with E-state index in [0.29, 0.717) is 0 Å². The highest BCUT2D eigenvalue weighted by Crippen LogP contribution is 2.22. The van der Waals surface area contributed by atoms with E-state index in [1.165, 1.54) is 0 Å². The van der Waals surface area contributed by atoms with E-state index in [0.717, 1.165) is 28.1 Å². The molecule has 2 N–H and O–H groups in total. The Balaban J connectivity index is 2.14. The molecular weight excluding hydrogens is 222 g/mol. The predicted octanol–water partition coefficient (Wildman–Crippen LogP) is 3.48. The van der Waals surface area contributed by atoms with Crippen LogP contribution in [0.15, 0.2) is 41.2 Å².